The lowest BCUT2D eigenvalue weighted by Crippen LogP contribution is -2.41. The molecule has 2 aromatic carbocycles. The summed E-state index contributed by atoms with van der Waals surface area (Å²) in [5.41, 5.74) is 5.14. The third-order valence-electron chi connectivity index (χ3n) is 6.26. The molecule has 1 saturated heterocycles. The van der Waals surface area contributed by atoms with Gasteiger partial charge in [-0.05, 0) is 73.8 Å². The molecule has 0 bridgehead atoms. The topological polar surface area (TPSA) is 29.5 Å². The second-order valence-electron chi connectivity index (χ2n) is 8.51. The number of amides is 1. The molecule has 0 aromatic heterocycles. The number of rotatable bonds is 5. The second-order valence-corrected chi connectivity index (χ2v) is 9.36. The first-order chi connectivity index (χ1) is 14.1. The zero-order valence-corrected chi connectivity index (χ0v) is 18.8. The molecule has 4 rings (SSSR count). The van der Waals surface area contributed by atoms with Gasteiger partial charge in [-0.25, -0.2) is 0 Å². The maximum absolute atomic E-state index is 13.7. The van der Waals surface area contributed by atoms with Crippen LogP contribution in [0.3, 0.4) is 0 Å². The molecule has 1 heterocycles. The van der Waals surface area contributed by atoms with Crippen LogP contribution in [0.25, 0.3) is 0 Å². The summed E-state index contributed by atoms with van der Waals surface area (Å²) in [4.78, 5) is 15.7. The smallest absolute Gasteiger partial charge is 0.226 e. The summed E-state index contributed by atoms with van der Waals surface area (Å²) in [6.07, 6.45) is 6.28. The number of ether oxygens (including phenoxy) is 1. The van der Waals surface area contributed by atoms with Crippen molar-refractivity contribution in [3.05, 3.63) is 69.2 Å². The molecule has 1 aliphatic heterocycles. The minimum absolute atomic E-state index is 0.0595. The summed E-state index contributed by atoms with van der Waals surface area (Å²) in [7, 11) is 0. The van der Waals surface area contributed by atoms with Crippen molar-refractivity contribution in [1.29, 1.82) is 0 Å². The van der Waals surface area contributed by atoms with E-state index in [4.69, 9.17) is 4.74 Å². The third-order valence-corrected chi connectivity index (χ3v) is 7.00. The van der Waals surface area contributed by atoms with Crippen LogP contribution in [-0.2, 0) is 28.9 Å². The summed E-state index contributed by atoms with van der Waals surface area (Å²) in [6, 6.07) is 15.0. The Labute approximate surface area is 182 Å². The van der Waals surface area contributed by atoms with Gasteiger partial charge in [0.15, 0.2) is 0 Å². The van der Waals surface area contributed by atoms with Crippen molar-refractivity contribution in [2.75, 3.05) is 13.2 Å². The highest BCUT2D eigenvalue weighted by Crippen LogP contribution is 2.28. The maximum atomic E-state index is 13.7. The molecule has 1 aliphatic carbocycles. The number of nitrogens with zero attached hydrogens (tertiary/aromatic N) is 1. The number of halogens is 1. The first-order valence-corrected chi connectivity index (χ1v) is 11.6. The van der Waals surface area contributed by atoms with E-state index in [9.17, 15) is 4.79 Å². The first kappa shape index (κ1) is 20.6. The number of aryl methyl sites for hydroxylation is 2. The van der Waals surface area contributed by atoms with Crippen LogP contribution in [0.1, 0.15) is 47.9 Å². The SMILES string of the molecule is Cc1ccc(CN(CC2CCCO2)C(=O)C2CCCc3ccccc3C2)c(Br)c1. The van der Waals surface area contributed by atoms with Gasteiger partial charge >= 0.3 is 0 Å². The zero-order chi connectivity index (χ0) is 20.2. The molecule has 1 fully saturated rings. The predicted octanol–water partition coefficient (Wildman–Crippen LogP) is 5.46. The molecule has 29 heavy (non-hydrogen) atoms. The van der Waals surface area contributed by atoms with Gasteiger partial charge in [0, 0.05) is 30.1 Å². The Balaban J connectivity index is 1.55. The van der Waals surface area contributed by atoms with Gasteiger partial charge in [-0.15, -0.1) is 0 Å². The van der Waals surface area contributed by atoms with Crippen molar-refractivity contribution >= 4 is 21.8 Å². The molecular formula is C25H30BrNO2. The van der Waals surface area contributed by atoms with Crippen LogP contribution in [0.5, 0.6) is 0 Å². The highest BCUT2D eigenvalue weighted by Gasteiger charge is 2.30. The Morgan fingerprint density at radius 3 is 2.72 bits per heavy atom. The maximum Gasteiger partial charge on any atom is 0.226 e. The number of hydrogen-bond acceptors (Lipinski definition) is 2. The average Bonchev–Trinajstić information content (AvgIpc) is 3.12. The number of fused-ring (bicyclic) bond motifs is 1. The van der Waals surface area contributed by atoms with E-state index in [1.807, 2.05) is 0 Å². The van der Waals surface area contributed by atoms with Crippen molar-refractivity contribution in [1.82, 2.24) is 4.90 Å². The van der Waals surface area contributed by atoms with Crippen LogP contribution in [-0.4, -0.2) is 30.1 Å². The molecule has 2 atom stereocenters. The number of hydrogen-bond donors (Lipinski definition) is 0. The molecule has 4 heteroatoms. The molecule has 154 valence electrons. The Kier molecular flexibility index (Phi) is 6.71. The Morgan fingerprint density at radius 2 is 1.97 bits per heavy atom. The van der Waals surface area contributed by atoms with Crippen molar-refractivity contribution in [2.45, 2.75) is 58.1 Å². The van der Waals surface area contributed by atoms with E-state index >= 15 is 0 Å². The number of benzene rings is 2. The van der Waals surface area contributed by atoms with E-state index in [1.165, 1.54) is 16.7 Å². The molecular weight excluding hydrogens is 426 g/mol. The molecule has 3 nitrogen and oxygen atoms in total. The van der Waals surface area contributed by atoms with E-state index in [2.05, 4.69) is 70.2 Å². The molecule has 0 N–H and O–H groups in total. The largest absolute Gasteiger partial charge is 0.376 e. The summed E-state index contributed by atoms with van der Waals surface area (Å²) in [5, 5.41) is 0. The van der Waals surface area contributed by atoms with E-state index in [0.29, 0.717) is 13.1 Å². The van der Waals surface area contributed by atoms with Crippen molar-refractivity contribution < 1.29 is 9.53 Å². The normalized spacial score (nSPS) is 21.4. The lowest BCUT2D eigenvalue weighted by Gasteiger charge is -2.29. The van der Waals surface area contributed by atoms with Crippen molar-refractivity contribution in [3.63, 3.8) is 0 Å². The minimum atomic E-state index is 0.0595. The summed E-state index contributed by atoms with van der Waals surface area (Å²) in [6.45, 7) is 4.24. The summed E-state index contributed by atoms with van der Waals surface area (Å²) < 4.78 is 6.96. The number of carbonyl (C=O) groups is 1. The molecule has 2 aliphatic rings. The van der Waals surface area contributed by atoms with Gasteiger partial charge in [-0.1, -0.05) is 52.3 Å². The first-order valence-electron chi connectivity index (χ1n) is 10.8. The lowest BCUT2D eigenvalue weighted by molar-refractivity contribution is -0.138. The van der Waals surface area contributed by atoms with Crippen LogP contribution >= 0.6 is 15.9 Å². The van der Waals surface area contributed by atoms with Crippen LogP contribution in [0.4, 0.5) is 0 Å². The molecule has 0 saturated carbocycles. The molecule has 1 amide bonds. The van der Waals surface area contributed by atoms with Gasteiger partial charge < -0.3 is 9.64 Å². The average molecular weight is 456 g/mol. The Morgan fingerprint density at radius 1 is 1.14 bits per heavy atom. The van der Waals surface area contributed by atoms with Gasteiger partial charge in [0.2, 0.25) is 5.91 Å². The van der Waals surface area contributed by atoms with Crippen LogP contribution in [0.2, 0.25) is 0 Å². The second kappa shape index (κ2) is 9.44. The fraction of sp³-hybridized carbons (Fsp3) is 0.480. The lowest BCUT2D eigenvalue weighted by atomic mass is 9.95. The molecule has 2 unspecified atom stereocenters. The summed E-state index contributed by atoms with van der Waals surface area (Å²) in [5.74, 6) is 0.342. The van der Waals surface area contributed by atoms with Crippen LogP contribution in [0.15, 0.2) is 46.9 Å². The standard InChI is InChI=1S/C25H30BrNO2/c1-18-11-12-22(24(26)14-18)16-27(17-23-10-5-13-29-23)25(28)21-9-4-8-19-6-2-3-7-20(19)15-21/h2-3,6-7,11-12,14,21,23H,4-5,8-10,13,15-17H2,1H3. The predicted molar refractivity (Wildman–Crippen MR) is 120 cm³/mol. The van der Waals surface area contributed by atoms with E-state index in [0.717, 1.165) is 55.2 Å². The molecule has 0 radical (unpaired) electrons. The third kappa shape index (κ3) is 5.10. The fourth-order valence-electron chi connectivity index (χ4n) is 4.63. The van der Waals surface area contributed by atoms with Gasteiger partial charge in [-0.3, -0.25) is 4.79 Å². The highest BCUT2D eigenvalue weighted by atomic mass is 79.9. The van der Waals surface area contributed by atoms with E-state index in [1.54, 1.807) is 0 Å². The van der Waals surface area contributed by atoms with Crippen LogP contribution < -0.4 is 0 Å². The van der Waals surface area contributed by atoms with Crippen LogP contribution in [0, 0.1) is 12.8 Å². The van der Waals surface area contributed by atoms with E-state index in [-0.39, 0.29) is 17.9 Å². The van der Waals surface area contributed by atoms with Gasteiger partial charge in [0.05, 0.1) is 6.10 Å². The van der Waals surface area contributed by atoms with Gasteiger partial charge in [0.1, 0.15) is 0 Å². The van der Waals surface area contributed by atoms with Crippen molar-refractivity contribution in [2.24, 2.45) is 5.92 Å². The molecule has 0 spiro atoms. The van der Waals surface area contributed by atoms with Gasteiger partial charge in [0.25, 0.3) is 0 Å². The fourth-order valence-corrected chi connectivity index (χ4v) is 5.25. The van der Waals surface area contributed by atoms with Gasteiger partial charge in [-0.2, -0.15) is 0 Å². The monoisotopic (exact) mass is 455 g/mol. The highest BCUT2D eigenvalue weighted by molar-refractivity contribution is 9.10. The number of carbonyl (C=O) groups excluding carboxylic acids is 1. The Hall–Kier alpha value is -1.65. The summed E-state index contributed by atoms with van der Waals surface area (Å²) >= 11 is 3.70. The zero-order valence-electron chi connectivity index (χ0n) is 17.2. The Bertz CT molecular complexity index is 860. The molecule has 2 aromatic rings. The van der Waals surface area contributed by atoms with Crippen molar-refractivity contribution in [3.8, 4) is 0 Å². The quantitative estimate of drug-likeness (QED) is 0.560. The van der Waals surface area contributed by atoms with E-state index < -0.39 is 0 Å². The minimum Gasteiger partial charge on any atom is -0.376 e.